The molecule has 0 amide bonds. The molecule has 0 radical (unpaired) electrons. The summed E-state index contributed by atoms with van der Waals surface area (Å²) in [6, 6.07) is 0. The molecule has 0 N–H and O–H groups in total. The lowest BCUT2D eigenvalue weighted by Gasteiger charge is -2.33. The largest absolute Gasteiger partial charge is 0.460 e. The van der Waals surface area contributed by atoms with Gasteiger partial charge in [0.2, 0.25) is 11.6 Å². The smallest absolute Gasteiger partial charge is 0.309 e. The molecule has 1 saturated heterocycles. The SMILES string of the molecule is C[C@H]1CC[C@H]2[C@@H](OC(=O)[C@@H]2C)[C@]2(C)C(=O)C(=O)C=C12. The van der Waals surface area contributed by atoms with Gasteiger partial charge < -0.3 is 4.74 Å². The average Bonchev–Trinajstić information content (AvgIpc) is 2.74. The van der Waals surface area contributed by atoms with Gasteiger partial charge in [-0.25, -0.2) is 0 Å². The Morgan fingerprint density at radius 1 is 1.21 bits per heavy atom. The van der Waals surface area contributed by atoms with Crippen molar-refractivity contribution < 1.29 is 19.1 Å². The summed E-state index contributed by atoms with van der Waals surface area (Å²) in [6.07, 6.45) is 2.77. The number of ketones is 2. The van der Waals surface area contributed by atoms with Gasteiger partial charge in [0.15, 0.2) is 0 Å². The zero-order valence-electron chi connectivity index (χ0n) is 11.4. The van der Waals surface area contributed by atoms with Crippen LogP contribution in [0, 0.1) is 23.2 Å². The van der Waals surface area contributed by atoms with E-state index < -0.39 is 23.1 Å². The van der Waals surface area contributed by atoms with Crippen molar-refractivity contribution in [3.05, 3.63) is 11.6 Å². The number of rotatable bonds is 0. The van der Waals surface area contributed by atoms with Crippen LogP contribution in [0.2, 0.25) is 0 Å². The molecule has 0 unspecified atom stereocenters. The second kappa shape index (κ2) is 3.78. The number of fused-ring (bicyclic) bond motifs is 3. The van der Waals surface area contributed by atoms with E-state index in [-0.39, 0.29) is 23.7 Å². The first-order valence-electron chi connectivity index (χ1n) is 6.88. The normalized spacial score (nSPS) is 45.4. The first kappa shape index (κ1) is 12.6. The molecule has 0 aromatic heterocycles. The molecule has 1 aliphatic heterocycles. The minimum atomic E-state index is -0.932. The third-order valence-electron chi connectivity index (χ3n) is 5.26. The van der Waals surface area contributed by atoms with Gasteiger partial charge in [-0.15, -0.1) is 0 Å². The number of carbonyl (C=O) groups is 3. The molecule has 102 valence electrons. The maximum atomic E-state index is 12.3. The van der Waals surface area contributed by atoms with Crippen molar-refractivity contribution in [2.24, 2.45) is 23.2 Å². The minimum absolute atomic E-state index is 0.0423. The van der Waals surface area contributed by atoms with Crippen molar-refractivity contribution in [1.29, 1.82) is 0 Å². The van der Waals surface area contributed by atoms with E-state index in [0.717, 1.165) is 18.4 Å². The van der Waals surface area contributed by atoms with Crippen LogP contribution in [0.1, 0.15) is 33.6 Å². The second-order valence-corrected chi connectivity index (χ2v) is 6.28. The molecule has 19 heavy (non-hydrogen) atoms. The Bertz CT molecular complexity index is 518. The van der Waals surface area contributed by atoms with E-state index in [1.165, 1.54) is 6.08 Å². The number of carbonyl (C=O) groups excluding carboxylic acids is 3. The highest BCUT2D eigenvalue weighted by Gasteiger charge is 2.61. The van der Waals surface area contributed by atoms with Crippen LogP contribution in [0.5, 0.6) is 0 Å². The molecule has 2 aliphatic carbocycles. The fraction of sp³-hybridized carbons (Fsp3) is 0.667. The Morgan fingerprint density at radius 2 is 1.89 bits per heavy atom. The summed E-state index contributed by atoms with van der Waals surface area (Å²) in [5, 5.41) is 0. The Balaban J connectivity index is 2.13. The molecule has 4 nitrogen and oxygen atoms in total. The number of esters is 1. The molecule has 0 aromatic carbocycles. The van der Waals surface area contributed by atoms with Gasteiger partial charge in [0, 0.05) is 5.92 Å². The van der Waals surface area contributed by atoms with Crippen molar-refractivity contribution in [3.63, 3.8) is 0 Å². The Morgan fingerprint density at radius 3 is 2.58 bits per heavy atom. The summed E-state index contributed by atoms with van der Waals surface area (Å²) in [4.78, 5) is 35.9. The van der Waals surface area contributed by atoms with Crippen LogP contribution in [-0.2, 0) is 19.1 Å². The summed E-state index contributed by atoms with van der Waals surface area (Å²) in [5.74, 6) is -1.04. The van der Waals surface area contributed by atoms with Gasteiger partial charge in [0.05, 0.1) is 11.3 Å². The van der Waals surface area contributed by atoms with Crippen LogP contribution < -0.4 is 0 Å². The molecule has 0 spiro atoms. The molecular formula is C15H18O4. The van der Waals surface area contributed by atoms with Crippen LogP contribution in [0.4, 0.5) is 0 Å². The van der Waals surface area contributed by atoms with Crippen molar-refractivity contribution in [1.82, 2.24) is 0 Å². The van der Waals surface area contributed by atoms with E-state index in [1.54, 1.807) is 6.92 Å². The molecule has 1 heterocycles. The highest BCUT2D eigenvalue weighted by atomic mass is 16.6. The lowest BCUT2D eigenvalue weighted by atomic mass is 9.70. The molecular weight excluding hydrogens is 244 g/mol. The molecule has 1 saturated carbocycles. The molecule has 2 fully saturated rings. The van der Waals surface area contributed by atoms with Gasteiger partial charge >= 0.3 is 5.97 Å². The number of hydrogen-bond acceptors (Lipinski definition) is 4. The number of hydrogen-bond donors (Lipinski definition) is 0. The highest BCUT2D eigenvalue weighted by molar-refractivity contribution is 6.46. The predicted molar refractivity (Wildman–Crippen MR) is 67.1 cm³/mol. The lowest BCUT2D eigenvalue weighted by Crippen LogP contribution is -2.43. The van der Waals surface area contributed by atoms with Crippen molar-refractivity contribution in [2.75, 3.05) is 0 Å². The van der Waals surface area contributed by atoms with Gasteiger partial charge in [0.25, 0.3) is 0 Å². The van der Waals surface area contributed by atoms with E-state index in [4.69, 9.17) is 4.74 Å². The summed E-state index contributed by atoms with van der Waals surface area (Å²) >= 11 is 0. The summed E-state index contributed by atoms with van der Waals surface area (Å²) in [6.45, 7) is 5.68. The van der Waals surface area contributed by atoms with E-state index in [9.17, 15) is 14.4 Å². The number of Topliss-reactive ketones (excluding diaryl/α,β-unsaturated/α-hetero) is 1. The fourth-order valence-electron chi connectivity index (χ4n) is 3.99. The van der Waals surface area contributed by atoms with Crippen LogP contribution >= 0.6 is 0 Å². The van der Waals surface area contributed by atoms with Gasteiger partial charge in [-0.1, -0.05) is 13.8 Å². The quantitative estimate of drug-likeness (QED) is 0.492. The molecule has 4 heteroatoms. The first-order chi connectivity index (χ1) is 8.87. The van der Waals surface area contributed by atoms with Crippen LogP contribution in [-0.4, -0.2) is 23.6 Å². The van der Waals surface area contributed by atoms with Crippen LogP contribution in [0.3, 0.4) is 0 Å². The van der Waals surface area contributed by atoms with Crippen molar-refractivity contribution >= 4 is 17.5 Å². The standard InChI is InChI=1S/C15H18O4/c1-7-4-5-9-8(2)14(18)19-13(9)15(3)10(7)6-11(16)12(15)17/h6-9,13H,4-5H2,1-3H3/t7-,8+,9+,13+,15-/m0/s1. The highest BCUT2D eigenvalue weighted by Crippen LogP contribution is 2.53. The Kier molecular flexibility index (Phi) is 2.50. The molecule has 3 rings (SSSR count). The summed E-state index contributed by atoms with van der Waals surface area (Å²) < 4.78 is 5.49. The van der Waals surface area contributed by atoms with Gasteiger partial charge in [-0.05, 0) is 37.3 Å². The van der Waals surface area contributed by atoms with Crippen LogP contribution in [0.25, 0.3) is 0 Å². The predicted octanol–water partition coefficient (Wildman–Crippen LogP) is 1.68. The van der Waals surface area contributed by atoms with Crippen molar-refractivity contribution in [2.45, 2.75) is 39.7 Å². The van der Waals surface area contributed by atoms with Gasteiger partial charge in [-0.2, -0.15) is 0 Å². The fourth-order valence-corrected chi connectivity index (χ4v) is 3.99. The first-order valence-corrected chi connectivity index (χ1v) is 6.88. The Hall–Kier alpha value is -1.45. The van der Waals surface area contributed by atoms with Gasteiger partial charge in [0.1, 0.15) is 6.10 Å². The van der Waals surface area contributed by atoms with E-state index in [2.05, 4.69) is 0 Å². The molecule has 5 atom stereocenters. The zero-order valence-corrected chi connectivity index (χ0v) is 11.4. The van der Waals surface area contributed by atoms with Crippen molar-refractivity contribution in [3.8, 4) is 0 Å². The summed E-state index contributed by atoms with van der Waals surface area (Å²) in [7, 11) is 0. The lowest BCUT2D eigenvalue weighted by molar-refractivity contribution is -0.151. The maximum absolute atomic E-state index is 12.3. The molecule has 0 bridgehead atoms. The van der Waals surface area contributed by atoms with E-state index >= 15 is 0 Å². The maximum Gasteiger partial charge on any atom is 0.309 e. The third kappa shape index (κ3) is 1.43. The summed E-state index contributed by atoms with van der Waals surface area (Å²) in [5.41, 5.74) is -0.0742. The minimum Gasteiger partial charge on any atom is -0.460 e. The Labute approximate surface area is 112 Å². The third-order valence-corrected chi connectivity index (χ3v) is 5.26. The monoisotopic (exact) mass is 262 g/mol. The molecule has 3 aliphatic rings. The topological polar surface area (TPSA) is 60.4 Å². The van der Waals surface area contributed by atoms with E-state index in [1.807, 2.05) is 13.8 Å². The van der Waals surface area contributed by atoms with Gasteiger partial charge in [-0.3, -0.25) is 14.4 Å². The zero-order chi connectivity index (χ0) is 13.9. The van der Waals surface area contributed by atoms with Crippen LogP contribution in [0.15, 0.2) is 11.6 Å². The number of allylic oxidation sites excluding steroid dienone is 1. The number of ether oxygens (including phenoxy) is 1. The average molecular weight is 262 g/mol. The second-order valence-electron chi connectivity index (χ2n) is 6.28. The van der Waals surface area contributed by atoms with E-state index in [0.29, 0.717) is 0 Å². The molecule has 0 aromatic rings.